The van der Waals surface area contributed by atoms with Crippen LogP contribution in [0.15, 0.2) is 101 Å². The fourth-order valence-corrected chi connectivity index (χ4v) is 5.07. The van der Waals surface area contributed by atoms with E-state index in [9.17, 15) is 9.59 Å². The second kappa shape index (κ2) is 11.9. The van der Waals surface area contributed by atoms with E-state index in [1.165, 1.54) is 18.3 Å². The zero-order valence-corrected chi connectivity index (χ0v) is 23.3. The lowest BCUT2D eigenvalue weighted by Crippen LogP contribution is -2.24. The zero-order chi connectivity index (χ0) is 27.4. The molecule has 0 saturated heterocycles. The third-order valence-electron chi connectivity index (χ3n) is 5.85. The zero-order valence-electron chi connectivity index (χ0n) is 20.2. The molecule has 0 spiro atoms. The molecular formula is C30H19BrCl2N2O4. The van der Waals surface area contributed by atoms with Crippen LogP contribution >= 0.6 is 39.1 Å². The topological polar surface area (TPSA) is 77.0 Å². The SMILES string of the molecule is O=C(COc1ccc2ccccc2c1Br)N/N=C/c1c(OC(=O)c2ccc(Cl)cc2Cl)ccc2ccccc12. The van der Waals surface area contributed by atoms with Gasteiger partial charge in [-0.05, 0) is 67.8 Å². The van der Waals surface area contributed by atoms with Crippen molar-refractivity contribution in [1.29, 1.82) is 0 Å². The number of ether oxygens (including phenoxy) is 2. The summed E-state index contributed by atoms with van der Waals surface area (Å²) in [6, 6.07) is 27.1. The van der Waals surface area contributed by atoms with Crippen LogP contribution in [0.3, 0.4) is 0 Å². The summed E-state index contributed by atoms with van der Waals surface area (Å²) >= 11 is 15.7. The molecular weight excluding hydrogens is 603 g/mol. The molecule has 0 unspecified atom stereocenters. The van der Waals surface area contributed by atoms with Gasteiger partial charge in [-0.3, -0.25) is 4.79 Å². The molecule has 5 aromatic rings. The lowest BCUT2D eigenvalue weighted by atomic mass is 10.0. The molecule has 9 heteroatoms. The maximum atomic E-state index is 12.9. The van der Waals surface area contributed by atoms with Gasteiger partial charge in [0, 0.05) is 10.6 Å². The van der Waals surface area contributed by atoms with Crippen LogP contribution in [-0.2, 0) is 4.79 Å². The van der Waals surface area contributed by atoms with Crippen LogP contribution in [0.4, 0.5) is 0 Å². The molecule has 5 aromatic carbocycles. The number of nitrogens with one attached hydrogen (secondary N) is 1. The first-order valence-electron chi connectivity index (χ1n) is 11.7. The van der Waals surface area contributed by atoms with Gasteiger partial charge in [0.25, 0.3) is 5.91 Å². The highest BCUT2D eigenvalue weighted by atomic mass is 79.9. The van der Waals surface area contributed by atoms with Crippen molar-refractivity contribution in [1.82, 2.24) is 5.43 Å². The molecule has 0 atom stereocenters. The van der Waals surface area contributed by atoms with E-state index in [-0.39, 0.29) is 22.9 Å². The molecule has 0 aliphatic rings. The van der Waals surface area contributed by atoms with Gasteiger partial charge in [-0.15, -0.1) is 0 Å². The summed E-state index contributed by atoms with van der Waals surface area (Å²) in [5, 5.41) is 8.38. The van der Waals surface area contributed by atoms with Crippen molar-refractivity contribution in [3.8, 4) is 11.5 Å². The van der Waals surface area contributed by atoms with Crippen LogP contribution in [0.1, 0.15) is 15.9 Å². The molecule has 0 radical (unpaired) electrons. The van der Waals surface area contributed by atoms with Gasteiger partial charge in [-0.1, -0.05) is 83.9 Å². The summed E-state index contributed by atoms with van der Waals surface area (Å²) in [6.45, 7) is -0.249. The van der Waals surface area contributed by atoms with Crippen molar-refractivity contribution >= 4 is 78.8 Å². The molecule has 0 saturated carbocycles. The van der Waals surface area contributed by atoms with E-state index in [0.717, 1.165) is 26.0 Å². The predicted molar refractivity (Wildman–Crippen MR) is 158 cm³/mol. The highest BCUT2D eigenvalue weighted by Gasteiger charge is 2.17. The number of halogens is 3. The number of hydrazone groups is 1. The van der Waals surface area contributed by atoms with Crippen LogP contribution in [-0.4, -0.2) is 24.7 Å². The first-order chi connectivity index (χ1) is 18.9. The van der Waals surface area contributed by atoms with Crippen LogP contribution in [0, 0.1) is 0 Å². The Bertz CT molecular complexity index is 1760. The van der Waals surface area contributed by atoms with Crippen LogP contribution in [0.2, 0.25) is 10.0 Å². The van der Waals surface area contributed by atoms with Crippen molar-refractivity contribution in [2.24, 2.45) is 5.10 Å². The van der Waals surface area contributed by atoms with Crippen LogP contribution in [0.5, 0.6) is 11.5 Å². The molecule has 6 nitrogen and oxygen atoms in total. The molecule has 194 valence electrons. The summed E-state index contributed by atoms with van der Waals surface area (Å²) in [4.78, 5) is 25.3. The van der Waals surface area contributed by atoms with E-state index in [0.29, 0.717) is 16.3 Å². The van der Waals surface area contributed by atoms with Gasteiger partial charge < -0.3 is 9.47 Å². The standard InChI is InChI=1S/C30H19BrCl2N2O4/c31-29-22-8-4-2-6-19(22)10-14-27(29)38-17-28(36)35-34-16-24-21-7-3-1-5-18(21)9-13-26(24)39-30(37)23-12-11-20(32)15-25(23)33/h1-16H,17H2,(H,35,36)/b34-16+. The van der Waals surface area contributed by atoms with Gasteiger partial charge in [-0.25, -0.2) is 10.2 Å². The molecule has 5 rings (SSSR count). The number of nitrogens with zero attached hydrogens (tertiary/aromatic N) is 1. The second-order valence-corrected chi connectivity index (χ2v) is 10.0. The van der Waals surface area contributed by atoms with Crippen molar-refractivity contribution in [3.63, 3.8) is 0 Å². The van der Waals surface area contributed by atoms with E-state index in [4.69, 9.17) is 32.7 Å². The van der Waals surface area contributed by atoms with Gasteiger partial charge in [0.15, 0.2) is 6.61 Å². The minimum Gasteiger partial charge on any atom is -0.483 e. The normalized spacial score (nSPS) is 11.2. The Balaban J connectivity index is 1.32. The summed E-state index contributed by atoms with van der Waals surface area (Å²) < 4.78 is 12.1. The Kier molecular flexibility index (Phi) is 8.12. The first-order valence-corrected chi connectivity index (χ1v) is 13.3. The van der Waals surface area contributed by atoms with Gasteiger partial charge in [0.1, 0.15) is 11.5 Å². The third kappa shape index (κ3) is 6.06. The molecule has 0 fully saturated rings. The number of benzene rings is 5. The van der Waals surface area contributed by atoms with Crippen molar-refractivity contribution in [2.75, 3.05) is 6.61 Å². The van der Waals surface area contributed by atoms with Crippen LogP contribution < -0.4 is 14.9 Å². The molecule has 1 amide bonds. The highest BCUT2D eigenvalue weighted by molar-refractivity contribution is 9.10. The van der Waals surface area contributed by atoms with Crippen molar-refractivity contribution in [2.45, 2.75) is 0 Å². The number of amides is 1. The minimum atomic E-state index is -0.653. The lowest BCUT2D eigenvalue weighted by Gasteiger charge is -2.11. The summed E-state index contributed by atoms with van der Waals surface area (Å²) in [7, 11) is 0. The molecule has 0 bridgehead atoms. The summed E-state index contributed by atoms with van der Waals surface area (Å²) in [5.41, 5.74) is 3.14. The number of esters is 1. The summed E-state index contributed by atoms with van der Waals surface area (Å²) in [5.74, 6) is -0.325. The van der Waals surface area contributed by atoms with Crippen molar-refractivity contribution < 1.29 is 19.1 Å². The van der Waals surface area contributed by atoms with Crippen molar-refractivity contribution in [3.05, 3.63) is 117 Å². The number of hydrogen-bond donors (Lipinski definition) is 1. The van der Waals surface area contributed by atoms with Gasteiger partial charge in [0.05, 0.1) is 21.3 Å². The smallest absolute Gasteiger partial charge is 0.345 e. The molecule has 0 heterocycles. The maximum Gasteiger partial charge on any atom is 0.345 e. The quantitative estimate of drug-likeness (QED) is 0.0870. The average Bonchev–Trinajstić information content (AvgIpc) is 2.93. The lowest BCUT2D eigenvalue weighted by molar-refractivity contribution is -0.123. The maximum absolute atomic E-state index is 12.9. The molecule has 0 aliphatic heterocycles. The number of fused-ring (bicyclic) bond motifs is 2. The van der Waals surface area contributed by atoms with E-state index >= 15 is 0 Å². The van der Waals surface area contributed by atoms with E-state index < -0.39 is 11.9 Å². The van der Waals surface area contributed by atoms with E-state index in [1.54, 1.807) is 18.2 Å². The number of carbonyl (C=O) groups excluding carboxylic acids is 2. The Morgan fingerprint density at radius 1 is 0.846 bits per heavy atom. The fourth-order valence-electron chi connectivity index (χ4n) is 3.98. The highest BCUT2D eigenvalue weighted by Crippen LogP contribution is 2.33. The number of carbonyl (C=O) groups is 2. The van der Waals surface area contributed by atoms with E-state index in [2.05, 4.69) is 26.5 Å². The third-order valence-corrected chi connectivity index (χ3v) is 7.22. The second-order valence-electron chi connectivity index (χ2n) is 8.39. The fraction of sp³-hybridized carbons (Fsp3) is 0.0333. The Labute approximate surface area is 242 Å². The molecule has 39 heavy (non-hydrogen) atoms. The molecule has 0 aromatic heterocycles. The minimum absolute atomic E-state index is 0.169. The average molecular weight is 622 g/mol. The number of hydrogen-bond acceptors (Lipinski definition) is 5. The Morgan fingerprint density at radius 3 is 2.26 bits per heavy atom. The van der Waals surface area contributed by atoms with Gasteiger partial charge in [0.2, 0.25) is 0 Å². The Hall–Kier alpha value is -3.91. The van der Waals surface area contributed by atoms with Gasteiger partial charge >= 0.3 is 5.97 Å². The Morgan fingerprint density at radius 2 is 1.51 bits per heavy atom. The van der Waals surface area contributed by atoms with Gasteiger partial charge in [-0.2, -0.15) is 5.10 Å². The largest absolute Gasteiger partial charge is 0.483 e. The molecule has 0 aliphatic carbocycles. The van der Waals surface area contributed by atoms with E-state index in [1.807, 2.05) is 60.7 Å². The monoisotopic (exact) mass is 620 g/mol. The molecule has 1 N–H and O–H groups in total. The summed E-state index contributed by atoms with van der Waals surface area (Å²) in [6.07, 6.45) is 1.43. The van der Waals surface area contributed by atoms with Crippen LogP contribution in [0.25, 0.3) is 21.5 Å². The first kappa shape index (κ1) is 26.7. The predicted octanol–water partition coefficient (Wildman–Crippen LogP) is 7.81. The number of rotatable bonds is 7.